The Labute approximate surface area is 162 Å². The van der Waals surface area contributed by atoms with Gasteiger partial charge >= 0.3 is 5.76 Å². The highest BCUT2D eigenvalue weighted by Gasteiger charge is 2.16. The minimum atomic E-state index is -0.495. The number of para-hydroxylation sites is 3. The molecule has 7 nitrogen and oxygen atoms in total. The first-order valence-electron chi connectivity index (χ1n) is 9.19. The first-order chi connectivity index (χ1) is 13.5. The van der Waals surface area contributed by atoms with Crippen molar-refractivity contribution >= 4 is 28.6 Å². The second kappa shape index (κ2) is 8.56. The van der Waals surface area contributed by atoms with Crippen molar-refractivity contribution in [1.29, 1.82) is 0 Å². The van der Waals surface area contributed by atoms with Crippen molar-refractivity contribution in [3.8, 4) is 0 Å². The average Bonchev–Trinajstić information content (AvgIpc) is 3.01. The standard InChI is InChI=1S/C21H23N3O4/c1-3-15-8-4-5-9-16(15)22-19(25)14-23(2)20(26)12-13-24-17-10-6-7-11-18(17)28-21(24)27/h4-11H,3,12-14H2,1-2H3,(H,22,25). The van der Waals surface area contributed by atoms with Crippen molar-refractivity contribution in [2.24, 2.45) is 0 Å². The molecule has 0 saturated heterocycles. The molecule has 7 heteroatoms. The quantitative estimate of drug-likeness (QED) is 0.682. The number of rotatable bonds is 7. The van der Waals surface area contributed by atoms with Crippen LogP contribution in [0.4, 0.5) is 5.69 Å². The van der Waals surface area contributed by atoms with Crippen LogP contribution in [0, 0.1) is 0 Å². The van der Waals surface area contributed by atoms with Gasteiger partial charge in [0.05, 0.1) is 12.1 Å². The molecule has 0 saturated carbocycles. The van der Waals surface area contributed by atoms with Crippen LogP contribution in [0.5, 0.6) is 0 Å². The topological polar surface area (TPSA) is 84.5 Å². The fourth-order valence-corrected chi connectivity index (χ4v) is 3.07. The fraction of sp³-hybridized carbons (Fsp3) is 0.286. The van der Waals surface area contributed by atoms with Crippen LogP contribution in [0.15, 0.2) is 57.7 Å². The molecule has 1 aromatic heterocycles. The van der Waals surface area contributed by atoms with E-state index >= 15 is 0 Å². The maximum Gasteiger partial charge on any atom is 0.419 e. The van der Waals surface area contributed by atoms with Crippen molar-refractivity contribution < 1.29 is 14.0 Å². The summed E-state index contributed by atoms with van der Waals surface area (Å²) in [6, 6.07) is 14.6. The Bertz CT molecular complexity index is 1050. The van der Waals surface area contributed by atoms with Gasteiger partial charge in [0.2, 0.25) is 11.8 Å². The number of hydrogen-bond acceptors (Lipinski definition) is 4. The average molecular weight is 381 g/mol. The molecule has 0 bridgehead atoms. The van der Waals surface area contributed by atoms with E-state index in [1.54, 1.807) is 31.3 Å². The van der Waals surface area contributed by atoms with Gasteiger partial charge in [0.15, 0.2) is 5.58 Å². The van der Waals surface area contributed by atoms with Crippen LogP contribution < -0.4 is 11.1 Å². The molecule has 2 aromatic carbocycles. The third-order valence-corrected chi connectivity index (χ3v) is 4.60. The Balaban J connectivity index is 1.58. The first kappa shape index (κ1) is 19.4. The summed E-state index contributed by atoms with van der Waals surface area (Å²) in [5.74, 6) is -0.982. The number of benzene rings is 2. The van der Waals surface area contributed by atoms with Crippen molar-refractivity contribution in [3.63, 3.8) is 0 Å². The summed E-state index contributed by atoms with van der Waals surface area (Å²) >= 11 is 0. The Morgan fingerprint density at radius 1 is 1.11 bits per heavy atom. The zero-order valence-electron chi connectivity index (χ0n) is 16.0. The highest BCUT2D eigenvalue weighted by molar-refractivity contribution is 5.95. The lowest BCUT2D eigenvalue weighted by Crippen LogP contribution is -2.35. The zero-order chi connectivity index (χ0) is 20.1. The van der Waals surface area contributed by atoms with Gasteiger partial charge in [-0.15, -0.1) is 0 Å². The van der Waals surface area contributed by atoms with Gasteiger partial charge in [0.1, 0.15) is 0 Å². The summed E-state index contributed by atoms with van der Waals surface area (Å²) in [5.41, 5.74) is 2.93. The molecular weight excluding hydrogens is 358 g/mol. The zero-order valence-corrected chi connectivity index (χ0v) is 16.0. The lowest BCUT2D eigenvalue weighted by molar-refractivity contribution is -0.133. The number of carbonyl (C=O) groups excluding carboxylic acids is 2. The SMILES string of the molecule is CCc1ccccc1NC(=O)CN(C)C(=O)CCn1c(=O)oc2ccccc21. The first-order valence-corrected chi connectivity index (χ1v) is 9.19. The number of aryl methyl sites for hydroxylation is 2. The van der Waals surface area contributed by atoms with Crippen molar-refractivity contribution in [2.75, 3.05) is 18.9 Å². The van der Waals surface area contributed by atoms with Gasteiger partial charge in [-0.2, -0.15) is 0 Å². The van der Waals surface area contributed by atoms with Gasteiger partial charge in [-0.05, 0) is 30.2 Å². The molecule has 0 aliphatic carbocycles. The van der Waals surface area contributed by atoms with E-state index in [9.17, 15) is 14.4 Å². The van der Waals surface area contributed by atoms with Gasteiger partial charge < -0.3 is 14.6 Å². The number of carbonyl (C=O) groups is 2. The third kappa shape index (κ3) is 4.31. The Kier molecular flexibility index (Phi) is 5.93. The molecule has 0 spiro atoms. The van der Waals surface area contributed by atoms with E-state index in [0.29, 0.717) is 11.1 Å². The predicted octanol–water partition coefficient (Wildman–Crippen LogP) is 2.64. The number of amides is 2. The van der Waals surface area contributed by atoms with Crippen LogP contribution in [-0.4, -0.2) is 34.9 Å². The van der Waals surface area contributed by atoms with Crippen LogP contribution in [-0.2, 0) is 22.6 Å². The van der Waals surface area contributed by atoms with E-state index in [4.69, 9.17) is 4.42 Å². The van der Waals surface area contributed by atoms with Crippen LogP contribution in [0.1, 0.15) is 18.9 Å². The molecule has 0 aliphatic rings. The van der Waals surface area contributed by atoms with Crippen LogP contribution in [0.25, 0.3) is 11.1 Å². The van der Waals surface area contributed by atoms with Crippen LogP contribution in [0.2, 0.25) is 0 Å². The highest BCUT2D eigenvalue weighted by Crippen LogP contribution is 2.15. The van der Waals surface area contributed by atoms with Gasteiger partial charge in [-0.25, -0.2) is 4.79 Å². The van der Waals surface area contributed by atoms with E-state index in [-0.39, 0.29) is 31.3 Å². The number of oxazole rings is 1. The summed E-state index contributed by atoms with van der Waals surface area (Å²) in [5, 5.41) is 2.85. The normalized spacial score (nSPS) is 10.8. The minimum Gasteiger partial charge on any atom is -0.408 e. The van der Waals surface area contributed by atoms with Gasteiger partial charge in [0.25, 0.3) is 0 Å². The molecule has 3 rings (SSSR count). The molecule has 0 radical (unpaired) electrons. The lowest BCUT2D eigenvalue weighted by Gasteiger charge is -2.17. The summed E-state index contributed by atoms with van der Waals surface area (Å²) in [6.07, 6.45) is 0.900. The maximum absolute atomic E-state index is 12.4. The Morgan fingerprint density at radius 3 is 2.61 bits per heavy atom. The number of nitrogens with one attached hydrogen (secondary N) is 1. The van der Waals surface area contributed by atoms with Gasteiger partial charge in [0, 0.05) is 25.7 Å². The Morgan fingerprint density at radius 2 is 1.82 bits per heavy atom. The predicted molar refractivity (Wildman–Crippen MR) is 107 cm³/mol. The third-order valence-electron chi connectivity index (χ3n) is 4.60. The van der Waals surface area contributed by atoms with Crippen molar-refractivity contribution in [3.05, 3.63) is 64.6 Å². The van der Waals surface area contributed by atoms with Gasteiger partial charge in [-0.1, -0.05) is 37.3 Å². The summed E-state index contributed by atoms with van der Waals surface area (Å²) in [6.45, 7) is 2.15. The molecule has 146 valence electrons. The molecule has 28 heavy (non-hydrogen) atoms. The van der Waals surface area contributed by atoms with Crippen molar-refractivity contribution in [2.45, 2.75) is 26.3 Å². The number of aromatic nitrogens is 1. The van der Waals surface area contributed by atoms with E-state index < -0.39 is 5.76 Å². The van der Waals surface area contributed by atoms with Crippen LogP contribution >= 0.6 is 0 Å². The molecule has 0 fully saturated rings. The summed E-state index contributed by atoms with van der Waals surface area (Å²) in [7, 11) is 1.57. The number of anilines is 1. The summed E-state index contributed by atoms with van der Waals surface area (Å²) < 4.78 is 6.59. The maximum atomic E-state index is 12.4. The van der Waals surface area contributed by atoms with Gasteiger partial charge in [-0.3, -0.25) is 14.2 Å². The molecule has 2 amide bonds. The minimum absolute atomic E-state index is 0.0576. The molecule has 3 aromatic rings. The highest BCUT2D eigenvalue weighted by atomic mass is 16.4. The Hall–Kier alpha value is -3.35. The molecule has 0 aliphatic heterocycles. The van der Waals surface area contributed by atoms with E-state index in [0.717, 1.165) is 17.7 Å². The van der Waals surface area contributed by atoms with Crippen molar-refractivity contribution in [1.82, 2.24) is 9.47 Å². The fourth-order valence-electron chi connectivity index (χ4n) is 3.07. The monoisotopic (exact) mass is 381 g/mol. The number of hydrogen-bond donors (Lipinski definition) is 1. The molecular formula is C21H23N3O4. The molecule has 1 heterocycles. The second-order valence-corrected chi connectivity index (χ2v) is 6.55. The second-order valence-electron chi connectivity index (χ2n) is 6.55. The smallest absolute Gasteiger partial charge is 0.408 e. The largest absolute Gasteiger partial charge is 0.419 e. The number of likely N-dealkylation sites (N-methyl/N-ethyl adjacent to an activating group) is 1. The summed E-state index contributed by atoms with van der Waals surface area (Å²) in [4.78, 5) is 38.0. The number of nitrogens with zero attached hydrogens (tertiary/aromatic N) is 2. The van der Waals surface area contributed by atoms with E-state index in [1.807, 2.05) is 31.2 Å². The molecule has 1 N–H and O–H groups in total. The van der Waals surface area contributed by atoms with E-state index in [1.165, 1.54) is 9.47 Å². The number of fused-ring (bicyclic) bond motifs is 1. The molecule has 0 atom stereocenters. The van der Waals surface area contributed by atoms with Crippen LogP contribution in [0.3, 0.4) is 0 Å². The lowest BCUT2D eigenvalue weighted by atomic mass is 10.1. The molecule has 0 unspecified atom stereocenters. The van der Waals surface area contributed by atoms with E-state index in [2.05, 4.69) is 5.32 Å².